The highest BCUT2D eigenvalue weighted by atomic mass is 79.9. The SMILES string of the molecule is CC(Sc1nnc(-c2ccc(Cl)cc2)o1)C(=O)c1ccc(Br)cc1. The number of nitrogens with zero attached hydrogens (tertiary/aromatic N) is 2. The lowest BCUT2D eigenvalue weighted by atomic mass is 10.1. The monoisotopic (exact) mass is 422 g/mol. The minimum Gasteiger partial charge on any atom is -0.411 e. The van der Waals surface area contributed by atoms with Crippen LogP contribution in [0.1, 0.15) is 17.3 Å². The van der Waals surface area contributed by atoms with Crippen LogP contribution < -0.4 is 0 Å². The fraction of sp³-hybridized carbons (Fsp3) is 0.118. The lowest BCUT2D eigenvalue weighted by Crippen LogP contribution is -2.13. The molecule has 0 amide bonds. The van der Waals surface area contributed by atoms with Gasteiger partial charge in [0.25, 0.3) is 5.22 Å². The summed E-state index contributed by atoms with van der Waals surface area (Å²) < 4.78 is 6.56. The van der Waals surface area contributed by atoms with Crippen molar-refractivity contribution in [2.24, 2.45) is 0 Å². The molecule has 4 nitrogen and oxygen atoms in total. The largest absolute Gasteiger partial charge is 0.411 e. The van der Waals surface area contributed by atoms with Crippen LogP contribution in [0.25, 0.3) is 11.5 Å². The zero-order chi connectivity index (χ0) is 17.1. The zero-order valence-electron chi connectivity index (χ0n) is 12.6. The maximum absolute atomic E-state index is 12.4. The molecule has 0 fully saturated rings. The highest BCUT2D eigenvalue weighted by Crippen LogP contribution is 2.28. The molecule has 0 N–H and O–H groups in total. The number of carbonyl (C=O) groups excluding carboxylic acids is 1. The van der Waals surface area contributed by atoms with Gasteiger partial charge < -0.3 is 4.42 Å². The summed E-state index contributed by atoms with van der Waals surface area (Å²) in [4.78, 5) is 12.4. The lowest BCUT2D eigenvalue weighted by Gasteiger charge is -2.07. The van der Waals surface area contributed by atoms with E-state index in [1.54, 1.807) is 36.4 Å². The van der Waals surface area contributed by atoms with Crippen LogP contribution in [0.3, 0.4) is 0 Å². The van der Waals surface area contributed by atoms with Gasteiger partial charge in [0.2, 0.25) is 5.89 Å². The second-order valence-electron chi connectivity index (χ2n) is 5.01. The molecule has 0 saturated heterocycles. The number of thioether (sulfide) groups is 1. The first-order valence-corrected chi connectivity index (χ1v) is 9.14. The van der Waals surface area contributed by atoms with Crippen LogP contribution in [0.2, 0.25) is 5.02 Å². The normalized spacial score (nSPS) is 12.1. The number of aromatic nitrogens is 2. The van der Waals surface area contributed by atoms with E-state index in [1.807, 2.05) is 19.1 Å². The van der Waals surface area contributed by atoms with Gasteiger partial charge in [0, 0.05) is 20.6 Å². The van der Waals surface area contributed by atoms with Crippen LogP contribution in [-0.2, 0) is 0 Å². The van der Waals surface area contributed by atoms with Crippen LogP contribution in [0.15, 0.2) is 62.6 Å². The van der Waals surface area contributed by atoms with Gasteiger partial charge in [-0.05, 0) is 43.3 Å². The number of carbonyl (C=O) groups is 1. The van der Waals surface area contributed by atoms with E-state index in [1.165, 1.54) is 11.8 Å². The molecule has 3 aromatic rings. The van der Waals surface area contributed by atoms with Gasteiger partial charge in [0.15, 0.2) is 5.78 Å². The Morgan fingerprint density at radius 1 is 1.12 bits per heavy atom. The third kappa shape index (κ3) is 4.06. The molecule has 1 unspecified atom stereocenters. The van der Waals surface area contributed by atoms with Gasteiger partial charge in [-0.2, -0.15) is 0 Å². The fourth-order valence-corrected chi connectivity index (χ4v) is 3.17. The van der Waals surface area contributed by atoms with E-state index >= 15 is 0 Å². The molecule has 0 spiro atoms. The predicted molar refractivity (Wildman–Crippen MR) is 98.5 cm³/mol. The zero-order valence-corrected chi connectivity index (χ0v) is 15.7. The van der Waals surface area contributed by atoms with Crippen molar-refractivity contribution in [2.75, 3.05) is 0 Å². The van der Waals surface area contributed by atoms with Crippen molar-refractivity contribution in [3.8, 4) is 11.5 Å². The highest BCUT2D eigenvalue weighted by molar-refractivity contribution is 9.10. The molecule has 122 valence electrons. The standard InChI is InChI=1S/C17H12BrClN2O2S/c1-10(15(22)11-2-6-13(18)7-3-11)24-17-21-20-16(23-17)12-4-8-14(19)9-5-12/h2-10H,1H3. The van der Waals surface area contributed by atoms with Gasteiger partial charge in [0.05, 0.1) is 5.25 Å². The van der Waals surface area contributed by atoms with Gasteiger partial charge in [0.1, 0.15) is 0 Å². The van der Waals surface area contributed by atoms with Crippen LogP contribution in [-0.4, -0.2) is 21.2 Å². The minimum atomic E-state index is -0.329. The maximum Gasteiger partial charge on any atom is 0.277 e. The third-order valence-corrected chi connectivity index (χ3v) is 4.99. The fourth-order valence-electron chi connectivity index (χ4n) is 2.02. The Bertz CT molecular complexity index is 850. The van der Waals surface area contributed by atoms with Crippen molar-refractivity contribution >= 4 is 45.1 Å². The molecule has 0 bridgehead atoms. The third-order valence-electron chi connectivity index (χ3n) is 3.27. The van der Waals surface area contributed by atoms with Crippen LogP contribution in [0, 0.1) is 0 Å². The molecule has 3 rings (SSSR count). The molecule has 0 aliphatic heterocycles. The summed E-state index contributed by atoms with van der Waals surface area (Å²) in [6.07, 6.45) is 0. The summed E-state index contributed by atoms with van der Waals surface area (Å²) in [7, 11) is 0. The Kier molecular flexibility index (Phi) is 5.38. The van der Waals surface area contributed by atoms with Crippen molar-refractivity contribution in [3.63, 3.8) is 0 Å². The number of Topliss-reactive ketones (excluding diaryl/α,β-unsaturated/α-hetero) is 1. The predicted octanol–water partition coefficient (Wildman–Crippen LogP) is 5.52. The van der Waals surface area contributed by atoms with E-state index in [4.69, 9.17) is 16.0 Å². The van der Waals surface area contributed by atoms with Crippen LogP contribution in [0.4, 0.5) is 0 Å². The summed E-state index contributed by atoms with van der Waals surface area (Å²) >= 11 is 10.5. The highest BCUT2D eigenvalue weighted by Gasteiger charge is 2.20. The average molecular weight is 424 g/mol. The Morgan fingerprint density at radius 3 is 2.46 bits per heavy atom. The Balaban J connectivity index is 1.70. The van der Waals surface area contributed by atoms with Crippen molar-refractivity contribution in [3.05, 3.63) is 63.6 Å². The number of benzene rings is 2. The molecule has 1 aromatic heterocycles. The average Bonchev–Trinajstić information content (AvgIpc) is 3.04. The second kappa shape index (κ2) is 7.51. The van der Waals surface area contributed by atoms with Crippen molar-refractivity contribution < 1.29 is 9.21 Å². The first-order chi connectivity index (χ1) is 11.5. The summed E-state index contributed by atoms with van der Waals surface area (Å²) in [5.74, 6) is 0.413. The number of hydrogen-bond acceptors (Lipinski definition) is 5. The molecule has 0 radical (unpaired) electrons. The second-order valence-corrected chi connectivity index (χ2v) is 7.66. The van der Waals surface area contributed by atoms with Crippen molar-refractivity contribution in [1.82, 2.24) is 10.2 Å². The van der Waals surface area contributed by atoms with Gasteiger partial charge in [-0.1, -0.05) is 51.4 Å². The maximum atomic E-state index is 12.4. The van der Waals surface area contributed by atoms with Crippen LogP contribution in [0.5, 0.6) is 0 Å². The molecule has 0 aliphatic carbocycles. The Hall–Kier alpha value is -1.63. The van der Waals surface area contributed by atoms with Crippen molar-refractivity contribution in [2.45, 2.75) is 17.4 Å². The summed E-state index contributed by atoms with van der Waals surface area (Å²) in [6, 6.07) is 14.4. The molecule has 1 heterocycles. The molecule has 24 heavy (non-hydrogen) atoms. The van der Waals surface area contributed by atoms with Crippen molar-refractivity contribution in [1.29, 1.82) is 0 Å². The molecule has 0 aliphatic rings. The van der Waals surface area contributed by atoms with E-state index in [0.29, 0.717) is 21.7 Å². The molecule has 2 aromatic carbocycles. The summed E-state index contributed by atoms with van der Waals surface area (Å²) in [6.45, 7) is 1.82. The number of rotatable bonds is 5. The Morgan fingerprint density at radius 2 is 1.79 bits per heavy atom. The van der Waals surface area contributed by atoms with E-state index in [0.717, 1.165) is 10.0 Å². The van der Waals surface area contributed by atoms with E-state index in [2.05, 4.69) is 26.1 Å². The van der Waals surface area contributed by atoms with Gasteiger partial charge >= 0.3 is 0 Å². The smallest absolute Gasteiger partial charge is 0.277 e. The van der Waals surface area contributed by atoms with E-state index < -0.39 is 0 Å². The number of ketones is 1. The molecular formula is C17H12BrClN2O2S. The quantitative estimate of drug-likeness (QED) is 0.400. The topological polar surface area (TPSA) is 56.0 Å². The van der Waals surface area contributed by atoms with Gasteiger partial charge in [-0.3, -0.25) is 4.79 Å². The molecular weight excluding hydrogens is 412 g/mol. The van der Waals surface area contributed by atoms with E-state index in [9.17, 15) is 4.79 Å². The minimum absolute atomic E-state index is 0.0127. The molecule has 1 atom stereocenters. The number of halogens is 2. The lowest BCUT2D eigenvalue weighted by molar-refractivity contribution is 0.0993. The van der Waals surface area contributed by atoms with Gasteiger partial charge in [-0.15, -0.1) is 10.2 Å². The Labute approximate surface area is 156 Å². The number of hydrogen-bond donors (Lipinski definition) is 0. The van der Waals surface area contributed by atoms with Gasteiger partial charge in [-0.25, -0.2) is 0 Å². The first kappa shape index (κ1) is 17.2. The van der Waals surface area contributed by atoms with E-state index in [-0.39, 0.29) is 11.0 Å². The molecule has 7 heteroatoms. The first-order valence-electron chi connectivity index (χ1n) is 7.09. The van der Waals surface area contributed by atoms with Crippen LogP contribution >= 0.6 is 39.3 Å². The molecule has 0 saturated carbocycles. The summed E-state index contributed by atoms with van der Waals surface area (Å²) in [5.41, 5.74) is 1.43. The summed E-state index contributed by atoms with van der Waals surface area (Å²) in [5, 5.41) is 8.68.